The molecule has 0 fully saturated rings. The van der Waals surface area contributed by atoms with E-state index in [0.29, 0.717) is 44.7 Å². The summed E-state index contributed by atoms with van der Waals surface area (Å²) in [6, 6.07) is 16.3. The molecule has 0 saturated heterocycles. The van der Waals surface area contributed by atoms with Crippen LogP contribution in [0, 0.1) is 0 Å². The fourth-order valence-electron chi connectivity index (χ4n) is 3.21. The minimum atomic E-state index is -3.80. The van der Waals surface area contributed by atoms with Crippen molar-refractivity contribution in [2.24, 2.45) is 0 Å². The van der Waals surface area contributed by atoms with E-state index in [-0.39, 0.29) is 0 Å². The Labute approximate surface area is 212 Å². The molecule has 0 unspecified atom stereocenters. The summed E-state index contributed by atoms with van der Waals surface area (Å²) in [7, 11) is -1.88. The highest BCUT2D eigenvalue weighted by atomic mass is 33.1. The van der Waals surface area contributed by atoms with Gasteiger partial charge < -0.3 is 10.1 Å². The Bertz CT molecular complexity index is 1260. The number of carbonyl (C=O) groups is 2. The van der Waals surface area contributed by atoms with E-state index in [1.807, 2.05) is 36.6 Å². The molecular weight excluding hydrogens is 506 g/mol. The quantitative estimate of drug-likeness (QED) is 0.279. The summed E-state index contributed by atoms with van der Waals surface area (Å²) in [6.07, 6.45) is 5.35. The van der Waals surface area contributed by atoms with E-state index in [9.17, 15) is 18.0 Å². The highest BCUT2D eigenvalue weighted by molar-refractivity contribution is 8.72. The number of benzene rings is 2. The standard InChI is InChI=1S/C24H25N3O5S3/c1-32-24(29)22(12-14-33-2)26-23(28)20-11-10-18(15-21(20)17-7-4-3-5-8-17)27-35(30,31)34-19-9-6-13-25-16-19/h3-11,13,15-16,22,27H,12,14H2,1-2H3,(H,26,28)/t22-/m0/s1. The van der Waals surface area contributed by atoms with E-state index in [1.165, 1.54) is 25.4 Å². The van der Waals surface area contributed by atoms with Crippen LogP contribution in [0.4, 0.5) is 5.69 Å². The Morgan fingerprint density at radius 2 is 1.86 bits per heavy atom. The molecule has 0 aliphatic heterocycles. The first-order valence-corrected chi connectivity index (χ1v) is 14.7. The SMILES string of the molecule is COC(=O)[C@H](CCSC)NC(=O)c1ccc(NS(=O)(=O)Sc2cccnc2)cc1-c1ccccc1. The zero-order valence-corrected chi connectivity index (χ0v) is 21.6. The lowest BCUT2D eigenvalue weighted by Gasteiger charge is -2.18. The van der Waals surface area contributed by atoms with Gasteiger partial charge in [-0.2, -0.15) is 20.2 Å². The number of aromatic nitrogens is 1. The molecular formula is C24H25N3O5S3. The van der Waals surface area contributed by atoms with Crippen molar-refractivity contribution in [2.75, 3.05) is 23.8 Å². The topological polar surface area (TPSA) is 114 Å². The molecule has 2 N–H and O–H groups in total. The summed E-state index contributed by atoms with van der Waals surface area (Å²) in [5.74, 6) is -0.314. The number of nitrogens with one attached hydrogen (secondary N) is 2. The molecule has 0 aliphatic rings. The van der Waals surface area contributed by atoms with Crippen LogP contribution < -0.4 is 10.0 Å². The van der Waals surface area contributed by atoms with Crippen LogP contribution in [0.5, 0.6) is 0 Å². The summed E-state index contributed by atoms with van der Waals surface area (Å²) < 4.78 is 32.7. The maximum Gasteiger partial charge on any atom is 0.328 e. The van der Waals surface area contributed by atoms with E-state index in [0.717, 1.165) is 5.56 Å². The van der Waals surface area contributed by atoms with Gasteiger partial charge in [-0.3, -0.25) is 14.5 Å². The molecule has 2 aromatic carbocycles. The molecule has 0 saturated carbocycles. The van der Waals surface area contributed by atoms with Crippen molar-refractivity contribution in [3.05, 3.63) is 78.6 Å². The number of ether oxygens (including phenoxy) is 1. The minimum Gasteiger partial charge on any atom is -0.467 e. The van der Waals surface area contributed by atoms with E-state index < -0.39 is 27.0 Å². The monoisotopic (exact) mass is 531 g/mol. The second-order valence-corrected chi connectivity index (χ2v) is 11.8. The van der Waals surface area contributed by atoms with Crippen molar-refractivity contribution >= 4 is 49.2 Å². The van der Waals surface area contributed by atoms with Crippen LogP contribution in [0.15, 0.2) is 78.0 Å². The molecule has 1 aromatic heterocycles. The van der Waals surface area contributed by atoms with Crippen LogP contribution in [0.2, 0.25) is 0 Å². The lowest BCUT2D eigenvalue weighted by molar-refractivity contribution is -0.142. The zero-order valence-electron chi connectivity index (χ0n) is 19.1. The number of carbonyl (C=O) groups excluding carboxylic acids is 2. The number of methoxy groups -OCH3 is 1. The lowest BCUT2D eigenvalue weighted by atomic mass is 9.98. The van der Waals surface area contributed by atoms with Gasteiger partial charge in [0.2, 0.25) is 0 Å². The Kier molecular flexibility index (Phi) is 9.58. The van der Waals surface area contributed by atoms with Crippen LogP contribution in [0.1, 0.15) is 16.8 Å². The molecule has 184 valence electrons. The van der Waals surface area contributed by atoms with Gasteiger partial charge in [0.25, 0.3) is 15.0 Å². The Balaban J connectivity index is 1.91. The minimum absolute atomic E-state index is 0.295. The van der Waals surface area contributed by atoms with Gasteiger partial charge in [-0.25, -0.2) is 4.79 Å². The molecule has 0 spiro atoms. The van der Waals surface area contributed by atoms with Gasteiger partial charge >= 0.3 is 5.97 Å². The third kappa shape index (κ3) is 7.74. The van der Waals surface area contributed by atoms with Crippen molar-refractivity contribution in [3.8, 4) is 11.1 Å². The van der Waals surface area contributed by atoms with Crippen LogP contribution in [-0.4, -0.2) is 50.4 Å². The van der Waals surface area contributed by atoms with Crippen LogP contribution >= 0.6 is 22.6 Å². The number of hydrogen-bond donors (Lipinski definition) is 2. The fraction of sp³-hybridized carbons (Fsp3) is 0.208. The van der Waals surface area contributed by atoms with E-state index in [1.54, 1.807) is 36.2 Å². The first-order valence-electron chi connectivity index (χ1n) is 10.5. The van der Waals surface area contributed by atoms with Crippen LogP contribution in [-0.2, 0) is 18.6 Å². The molecule has 3 rings (SSSR count). The lowest BCUT2D eigenvalue weighted by Crippen LogP contribution is -2.42. The molecule has 11 heteroatoms. The van der Waals surface area contributed by atoms with E-state index in [2.05, 4.69) is 15.0 Å². The van der Waals surface area contributed by atoms with E-state index in [4.69, 9.17) is 4.74 Å². The first-order chi connectivity index (χ1) is 16.8. The highest BCUT2D eigenvalue weighted by Gasteiger charge is 2.24. The molecule has 1 amide bonds. The van der Waals surface area contributed by atoms with Crippen LogP contribution in [0.25, 0.3) is 11.1 Å². The summed E-state index contributed by atoms with van der Waals surface area (Å²) in [4.78, 5) is 29.8. The number of amides is 1. The summed E-state index contributed by atoms with van der Waals surface area (Å²) in [5.41, 5.74) is 1.83. The molecule has 1 atom stereocenters. The van der Waals surface area contributed by atoms with Crippen molar-refractivity contribution in [2.45, 2.75) is 17.4 Å². The second kappa shape index (κ2) is 12.6. The van der Waals surface area contributed by atoms with Gasteiger partial charge in [0.15, 0.2) is 0 Å². The normalized spacial score (nSPS) is 11.9. The molecule has 3 aromatic rings. The maximum absolute atomic E-state index is 13.2. The van der Waals surface area contributed by atoms with Gasteiger partial charge in [0.05, 0.1) is 7.11 Å². The number of rotatable bonds is 11. The highest BCUT2D eigenvalue weighted by Crippen LogP contribution is 2.30. The third-order valence-electron chi connectivity index (χ3n) is 4.83. The number of thioether (sulfide) groups is 1. The Morgan fingerprint density at radius 1 is 1.09 bits per heavy atom. The Hall–Kier alpha value is -3.02. The third-order valence-corrected chi connectivity index (χ3v) is 8.10. The number of anilines is 1. The number of pyridine rings is 1. The van der Waals surface area contributed by atoms with Crippen LogP contribution in [0.3, 0.4) is 0 Å². The molecule has 8 nitrogen and oxygen atoms in total. The smallest absolute Gasteiger partial charge is 0.328 e. The Morgan fingerprint density at radius 3 is 2.51 bits per heavy atom. The molecule has 0 radical (unpaired) electrons. The van der Waals surface area contributed by atoms with Crippen molar-refractivity contribution in [1.82, 2.24) is 10.3 Å². The number of esters is 1. The zero-order chi connectivity index (χ0) is 25.3. The summed E-state index contributed by atoms with van der Waals surface area (Å²) in [6.45, 7) is 0. The van der Waals surface area contributed by atoms with Gasteiger partial charge in [-0.1, -0.05) is 30.3 Å². The first kappa shape index (κ1) is 26.6. The second-order valence-electron chi connectivity index (χ2n) is 7.29. The summed E-state index contributed by atoms with van der Waals surface area (Å²) in [5, 5.41) is 2.75. The number of hydrogen-bond acceptors (Lipinski definition) is 8. The number of nitrogens with zero attached hydrogens (tertiary/aromatic N) is 1. The molecule has 1 heterocycles. The average molecular weight is 532 g/mol. The van der Waals surface area contributed by atoms with Crippen molar-refractivity contribution in [3.63, 3.8) is 0 Å². The van der Waals surface area contributed by atoms with Gasteiger partial charge in [0.1, 0.15) is 6.04 Å². The van der Waals surface area contributed by atoms with Crippen molar-refractivity contribution < 1.29 is 22.7 Å². The molecule has 35 heavy (non-hydrogen) atoms. The largest absolute Gasteiger partial charge is 0.467 e. The predicted molar refractivity (Wildman–Crippen MR) is 141 cm³/mol. The van der Waals surface area contributed by atoms with Gasteiger partial charge in [-0.05, 0) is 59.9 Å². The van der Waals surface area contributed by atoms with Gasteiger partial charge in [0, 0.05) is 39.3 Å². The average Bonchev–Trinajstić information content (AvgIpc) is 2.86. The fourth-order valence-corrected chi connectivity index (χ4v) is 6.10. The van der Waals surface area contributed by atoms with E-state index >= 15 is 0 Å². The molecule has 0 aliphatic carbocycles. The maximum atomic E-state index is 13.2. The summed E-state index contributed by atoms with van der Waals surface area (Å²) >= 11 is 1.56. The van der Waals surface area contributed by atoms with Crippen molar-refractivity contribution in [1.29, 1.82) is 0 Å². The predicted octanol–water partition coefficient (Wildman–Crippen LogP) is 4.22. The van der Waals surface area contributed by atoms with Gasteiger partial charge in [-0.15, -0.1) is 0 Å². The molecule has 0 bridgehead atoms.